The van der Waals surface area contributed by atoms with Crippen molar-refractivity contribution in [2.45, 2.75) is 0 Å². The van der Waals surface area contributed by atoms with Crippen molar-refractivity contribution < 1.29 is 60.1 Å². The third-order valence-electron chi connectivity index (χ3n) is 6.01. The van der Waals surface area contributed by atoms with Crippen LogP contribution in [0.15, 0.2) is 78.9 Å². The molecule has 3 aromatic heterocycles. The van der Waals surface area contributed by atoms with Gasteiger partial charge in [-0.15, -0.1) is 0 Å². The van der Waals surface area contributed by atoms with Crippen molar-refractivity contribution in [2.75, 3.05) is 0 Å². The fourth-order valence-electron chi connectivity index (χ4n) is 4.22. The number of rotatable bonds is 6. The molecule has 5 heterocycles. The summed E-state index contributed by atoms with van der Waals surface area (Å²) in [7, 11) is -33.6. The van der Waals surface area contributed by atoms with Crippen LogP contribution in [0.5, 0.6) is 5.75 Å². The van der Waals surface area contributed by atoms with Crippen LogP contribution in [0.4, 0.5) is 0 Å². The monoisotopic (exact) mass is 762 g/mol. The Hall–Kier alpha value is -4.17. The van der Waals surface area contributed by atoms with Gasteiger partial charge in [0.15, 0.2) is 0 Å². The van der Waals surface area contributed by atoms with E-state index in [0.29, 0.717) is 0 Å². The van der Waals surface area contributed by atoms with Gasteiger partial charge in [0.05, 0.1) is 22.8 Å². The Balaban J connectivity index is 0.000000185. The second-order valence-electron chi connectivity index (χ2n) is 9.40. The van der Waals surface area contributed by atoms with Gasteiger partial charge in [0.2, 0.25) is 0 Å². The molecule has 0 saturated heterocycles. The summed E-state index contributed by atoms with van der Waals surface area (Å²) >= 11 is 0. The van der Waals surface area contributed by atoms with Crippen LogP contribution in [0.3, 0.4) is 0 Å². The molecule has 248 valence electrons. The molecule has 0 spiro atoms. The molecule has 5 N–H and O–H groups in total. The number of aromatic amines is 2. The number of para-hydroxylation sites is 1. The second-order valence-corrected chi connectivity index (χ2v) is 35.5. The molecule has 16 nitrogen and oxygen atoms in total. The fraction of sp³-hybridized carbons (Fsp3) is 0. The molecule has 6 rings (SSSR count). The second kappa shape index (κ2) is 12.5. The first-order chi connectivity index (χ1) is 21.9. The molecule has 0 atom stereocenters. The first-order valence-electron chi connectivity index (χ1n) is 12.7. The van der Waals surface area contributed by atoms with E-state index in [4.69, 9.17) is 13.7 Å². The van der Waals surface area contributed by atoms with E-state index >= 15 is 0 Å². The molecule has 4 aromatic rings. The van der Waals surface area contributed by atoms with Gasteiger partial charge in [0, 0.05) is 22.1 Å². The third-order valence-corrected chi connectivity index (χ3v) is 43.7. The molecule has 21 heteroatoms. The summed E-state index contributed by atoms with van der Waals surface area (Å²) in [6, 6.07) is 21.8. The zero-order chi connectivity index (χ0) is 34.3. The zero-order valence-corrected chi connectivity index (χ0v) is 27.8. The van der Waals surface area contributed by atoms with Crippen molar-refractivity contribution >= 4 is 80.3 Å². The first-order valence-corrected chi connectivity index (χ1v) is 24.4. The molecular weight excluding hydrogens is 741 g/mol. The van der Waals surface area contributed by atoms with E-state index in [0.717, 1.165) is 69.1 Å². The summed E-state index contributed by atoms with van der Waals surface area (Å²) in [5.41, 5.74) is 7.86. The zero-order valence-electron chi connectivity index (χ0n) is 23.3. The average molecular weight is 763 g/mol. The van der Waals surface area contributed by atoms with Gasteiger partial charge < -0.3 is 9.97 Å². The molecule has 2 aliphatic rings. The van der Waals surface area contributed by atoms with Crippen LogP contribution >= 0.6 is 0 Å². The summed E-state index contributed by atoms with van der Waals surface area (Å²) in [4.78, 5) is 16.0. The van der Waals surface area contributed by atoms with E-state index in [2.05, 4.69) is 48.4 Å². The maximum atomic E-state index is 12.0. The number of benzene rings is 1. The van der Waals surface area contributed by atoms with E-state index in [1.807, 2.05) is 48.6 Å². The van der Waals surface area contributed by atoms with Gasteiger partial charge in [0.1, 0.15) is 0 Å². The number of aromatic nitrogens is 4. The normalized spacial score (nSPS) is 13.9. The van der Waals surface area contributed by atoms with Crippen molar-refractivity contribution in [2.24, 2.45) is 0 Å². The summed E-state index contributed by atoms with van der Waals surface area (Å²) in [6.07, 6.45) is 8.09. The molecule has 0 saturated carbocycles. The number of hydrogen-bond donors (Lipinski definition) is 5. The van der Waals surface area contributed by atoms with Gasteiger partial charge in [-0.05, 0) is 72.8 Å². The molecule has 2 aliphatic heterocycles. The van der Waals surface area contributed by atoms with Gasteiger partial charge in [-0.25, -0.2) is 9.97 Å². The maximum absolute atomic E-state index is 12.0. The Kier molecular flexibility index (Phi) is 9.06. The van der Waals surface area contributed by atoms with Crippen LogP contribution < -0.4 is 4.18 Å². The van der Waals surface area contributed by atoms with E-state index in [1.54, 1.807) is 0 Å². The molecule has 0 aliphatic carbocycles. The van der Waals surface area contributed by atoms with E-state index < -0.39 is 48.2 Å². The number of hydrogen-bond acceptors (Lipinski definition) is 11. The van der Waals surface area contributed by atoms with Crippen LogP contribution in [0, 0.1) is 0 Å². The summed E-state index contributed by atoms with van der Waals surface area (Å²) in [5.74, 6) is -0.731. The van der Waals surface area contributed by atoms with Crippen molar-refractivity contribution in [3.63, 3.8) is 0 Å². The molecule has 0 unspecified atom stereocenters. The predicted molar refractivity (Wildman–Crippen MR) is 169 cm³/mol. The van der Waals surface area contributed by atoms with Gasteiger partial charge in [-0.2, -0.15) is 0 Å². The Bertz CT molecular complexity index is 2290. The van der Waals surface area contributed by atoms with E-state index in [1.165, 1.54) is 6.07 Å². The van der Waals surface area contributed by atoms with Crippen LogP contribution in [-0.4, -0.2) is 67.3 Å². The van der Waals surface area contributed by atoms with Crippen LogP contribution in [0.25, 0.3) is 46.4 Å². The number of H-pyrrole nitrogens is 2. The minimum atomic E-state index is -7.72. The summed E-state index contributed by atoms with van der Waals surface area (Å²) in [5, 5.41) is 0. The van der Waals surface area contributed by atoms with Gasteiger partial charge in [-0.1, -0.05) is 0 Å². The van der Waals surface area contributed by atoms with Gasteiger partial charge in [0.25, 0.3) is 0 Å². The first kappa shape index (κ1) is 34.2. The Morgan fingerprint density at radius 1 is 0.511 bits per heavy atom. The molecule has 8 bridgehead atoms. The Labute approximate surface area is 266 Å². The van der Waals surface area contributed by atoms with Crippen molar-refractivity contribution in [1.29, 1.82) is 0 Å². The Morgan fingerprint density at radius 2 is 0.830 bits per heavy atom. The van der Waals surface area contributed by atoms with Crippen LogP contribution in [0.1, 0.15) is 22.8 Å². The fourth-order valence-corrected chi connectivity index (χ4v) is 29.6. The van der Waals surface area contributed by atoms with Crippen molar-refractivity contribution in [3.05, 3.63) is 102 Å². The molecule has 0 radical (unpaired) electrons. The molecule has 47 heavy (non-hydrogen) atoms. The molecule has 0 fully saturated rings. The van der Waals surface area contributed by atoms with Crippen molar-refractivity contribution in [1.82, 2.24) is 19.9 Å². The third kappa shape index (κ3) is 7.08. The summed E-state index contributed by atoms with van der Waals surface area (Å²) < 4.78 is 122. The quantitative estimate of drug-likeness (QED) is 0.152. The minimum absolute atomic E-state index is 0.731. The SMILES string of the molecule is C1=Cc2cc3ccc(cc4nc(cc5ccc(cc1n2)[nH]5)C=C4)[nH]3.O=[S](=O)(O)[Cr]([S](=O)(=O)O)([S](=O)(=O)O)[S](=O)(=O)Oc1ccccc1. The number of nitrogens with one attached hydrogen (secondary N) is 2. The number of fused-ring (bicyclic) bond motifs is 8. The predicted octanol–water partition coefficient (Wildman–Crippen LogP) is 3.53. The van der Waals surface area contributed by atoms with Gasteiger partial charge in [-0.3, -0.25) is 0 Å². The standard InChI is InChI=1S/C20H14N4.C6H5O3S.Cr.3HO3S/c1-2-14-10-16-5-6-18(23-16)12-20-8-7-19(24-20)11-17-4-3-15(22-17)9-13(1)21-14;7-10(8)9-6-4-2-1-3-5-6;;3*1-4(2)3/h1-12,21,24H;1-5H;;3*(H,1,2,3). The average Bonchev–Trinajstić information content (AvgIpc) is 3.73. The van der Waals surface area contributed by atoms with Crippen LogP contribution in [0.2, 0.25) is 0 Å². The summed E-state index contributed by atoms with van der Waals surface area (Å²) in [6.45, 7) is 0. The van der Waals surface area contributed by atoms with E-state index in [-0.39, 0.29) is 0 Å². The Morgan fingerprint density at radius 3 is 1.13 bits per heavy atom. The topological polar surface area (TPSA) is 264 Å². The molecule has 0 amide bonds. The molecule has 1 aromatic carbocycles. The number of nitrogens with zero attached hydrogens (tertiary/aromatic N) is 2. The van der Waals surface area contributed by atoms with Crippen molar-refractivity contribution in [3.8, 4) is 5.75 Å². The molecular formula is C26H22CrN4O12S4. The van der Waals surface area contributed by atoms with Crippen LogP contribution in [-0.2, 0) is 42.5 Å². The van der Waals surface area contributed by atoms with E-state index in [9.17, 15) is 33.7 Å². The van der Waals surface area contributed by atoms with Gasteiger partial charge >= 0.3 is 130 Å².